The number of rotatable bonds is 4. The Morgan fingerprint density at radius 3 is 2.62 bits per heavy atom. The van der Waals surface area contributed by atoms with E-state index >= 15 is 0 Å². The van der Waals surface area contributed by atoms with Gasteiger partial charge in [0.1, 0.15) is 11.4 Å². The van der Waals surface area contributed by atoms with Gasteiger partial charge < -0.3 is 15.1 Å². The maximum atomic E-state index is 13.8. The van der Waals surface area contributed by atoms with Crippen molar-refractivity contribution in [2.24, 2.45) is 28.6 Å². The van der Waals surface area contributed by atoms with Gasteiger partial charge in [0.15, 0.2) is 11.6 Å². The fraction of sp³-hybridized carbons (Fsp3) is 0.700. The van der Waals surface area contributed by atoms with Crippen molar-refractivity contribution in [3.8, 4) is 0 Å². The molecule has 1 aromatic rings. The molecule has 0 aromatic carbocycles. The summed E-state index contributed by atoms with van der Waals surface area (Å²) in [6.45, 7) is 7.70. The lowest BCUT2D eigenvalue weighted by atomic mass is 9.45. The zero-order chi connectivity index (χ0) is 26.0. The highest BCUT2D eigenvalue weighted by molar-refractivity contribution is 5.92. The smallest absolute Gasteiger partial charge is 0.178 e. The average molecular weight is 508 g/mol. The van der Waals surface area contributed by atoms with Gasteiger partial charge in [-0.15, -0.1) is 0 Å². The van der Waals surface area contributed by atoms with Crippen LogP contribution < -0.4 is 4.90 Å². The monoisotopic (exact) mass is 507 g/mol. The second kappa shape index (κ2) is 8.99. The number of carbonyl (C=O) groups excluding carboxylic acids is 2. The van der Waals surface area contributed by atoms with Gasteiger partial charge in [0, 0.05) is 44.2 Å². The normalized spacial score (nSPS) is 42.0. The number of hydrogen-bond donors (Lipinski definition) is 2. The molecule has 0 unspecified atom stereocenters. The number of aromatic nitrogens is 1. The summed E-state index contributed by atoms with van der Waals surface area (Å²) in [6.07, 6.45) is 8.00. The first kappa shape index (κ1) is 25.2. The minimum Gasteiger partial charge on any atom is -0.393 e. The van der Waals surface area contributed by atoms with Crippen LogP contribution in [0.2, 0.25) is 0 Å². The molecule has 0 bridgehead atoms. The number of aliphatic hydroxyl groups is 2. The predicted molar refractivity (Wildman–Crippen MR) is 141 cm³/mol. The third kappa shape index (κ3) is 3.83. The van der Waals surface area contributed by atoms with Crippen molar-refractivity contribution in [3.63, 3.8) is 0 Å². The number of anilines is 1. The summed E-state index contributed by atoms with van der Waals surface area (Å²) in [6, 6.07) is 5.92. The molecule has 1 aromatic heterocycles. The molecule has 1 saturated heterocycles. The highest BCUT2D eigenvalue weighted by Gasteiger charge is 2.68. The molecule has 1 aliphatic heterocycles. The SMILES string of the molecule is C[C@]12CCC(=O)C=C1CC[C@@H]1[C@@H]2[C@H](O)C[C@@]2(C)[C@H]1CC[C@@]2(O)C(=O)CN1CCN(c2ccccn2)CC1. The van der Waals surface area contributed by atoms with Crippen molar-refractivity contribution in [1.82, 2.24) is 9.88 Å². The number of hydrogen-bond acceptors (Lipinski definition) is 7. The summed E-state index contributed by atoms with van der Waals surface area (Å²) in [5, 5.41) is 23.7. The first-order chi connectivity index (χ1) is 17.7. The van der Waals surface area contributed by atoms with E-state index in [1.165, 1.54) is 5.57 Å². The minimum atomic E-state index is -1.40. The van der Waals surface area contributed by atoms with Gasteiger partial charge in [0.25, 0.3) is 0 Å². The molecule has 0 radical (unpaired) electrons. The van der Waals surface area contributed by atoms with Crippen molar-refractivity contribution >= 4 is 17.4 Å². The lowest BCUT2D eigenvalue weighted by Crippen LogP contribution is -2.63. The zero-order valence-electron chi connectivity index (χ0n) is 22.2. The van der Waals surface area contributed by atoms with Crippen LogP contribution in [0.3, 0.4) is 0 Å². The van der Waals surface area contributed by atoms with Crippen molar-refractivity contribution in [3.05, 3.63) is 36.0 Å². The summed E-state index contributed by atoms with van der Waals surface area (Å²) >= 11 is 0. The molecule has 2 N–H and O–H groups in total. The van der Waals surface area contributed by atoms with Crippen LogP contribution in [0.1, 0.15) is 58.8 Å². The third-order valence-electron chi connectivity index (χ3n) is 11.2. The topological polar surface area (TPSA) is 94.0 Å². The fourth-order valence-corrected chi connectivity index (χ4v) is 9.16. The highest BCUT2D eigenvalue weighted by Crippen LogP contribution is 2.67. The maximum absolute atomic E-state index is 13.8. The van der Waals surface area contributed by atoms with Gasteiger partial charge >= 0.3 is 0 Å². The predicted octanol–water partition coefficient (Wildman–Crippen LogP) is 3.01. The van der Waals surface area contributed by atoms with E-state index in [2.05, 4.69) is 28.6 Å². The summed E-state index contributed by atoms with van der Waals surface area (Å²) < 4.78 is 0. The second-order valence-corrected chi connectivity index (χ2v) is 12.9. The zero-order valence-corrected chi connectivity index (χ0v) is 22.2. The molecular weight excluding hydrogens is 466 g/mol. The van der Waals surface area contributed by atoms with Crippen LogP contribution in [0, 0.1) is 28.6 Å². The first-order valence-corrected chi connectivity index (χ1v) is 14.2. The van der Waals surface area contributed by atoms with Crippen LogP contribution >= 0.6 is 0 Å². The number of carbonyl (C=O) groups is 2. The lowest BCUT2D eigenvalue weighted by Gasteiger charge is -2.60. The maximum Gasteiger partial charge on any atom is 0.178 e. The quantitative estimate of drug-likeness (QED) is 0.647. The van der Waals surface area contributed by atoms with Gasteiger partial charge in [-0.05, 0) is 79.9 Å². The van der Waals surface area contributed by atoms with Crippen LogP contribution in [-0.4, -0.2) is 76.1 Å². The Morgan fingerprint density at radius 2 is 1.89 bits per heavy atom. The Balaban J connectivity index is 1.17. The van der Waals surface area contributed by atoms with Crippen molar-refractivity contribution < 1.29 is 19.8 Å². The summed E-state index contributed by atoms with van der Waals surface area (Å²) in [7, 11) is 0. The van der Waals surface area contributed by atoms with Crippen LogP contribution in [0.15, 0.2) is 36.0 Å². The van der Waals surface area contributed by atoms with E-state index in [1.54, 1.807) is 6.20 Å². The molecule has 0 spiro atoms. The van der Waals surface area contributed by atoms with Gasteiger partial charge in [0.2, 0.25) is 0 Å². The largest absolute Gasteiger partial charge is 0.393 e. The van der Waals surface area contributed by atoms with Crippen LogP contribution in [0.5, 0.6) is 0 Å². The molecule has 7 heteroatoms. The molecule has 6 rings (SSSR count). The number of Topliss-reactive ketones (excluding diaryl/α,β-unsaturated/α-hetero) is 1. The second-order valence-electron chi connectivity index (χ2n) is 12.9. The third-order valence-corrected chi connectivity index (χ3v) is 11.2. The number of aliphatic hydroxyl groups excluding tert-OH is 1. The van der Waals surface area contributed by atoms with Crippen LogP contribution in [0.4, 0.5) is 5.82 Å². The number of piperazine rings is 1. The van der Waals surface area contributed by atoms with Crippen LogP contribution in [0.25, 0.3) is 0 Å². The number of pyridine rings is 1. The molecule has 4 aliphatic carbocycles. The Labute approximate surface area is 219 Å². The summed E-state index contributed by atoms with van der Waals surface area (Å²) in [4.78, 5) is 34.8. The van der Waals surface area contributed by atoms with E-state index in [-0.39, 0.29) is 41.3 Å². The van der Waals surface area contributed by atoms with E-state index < -0.39 is 17.1 Å². The molecule has 7 nitrogen and oxygen atoms in total. The molecule has 4 fully saturated rings. The van der Waals surface area contributed by atoms with E-state index in [0.717, 1.165) is 57.7 Å². The van der Waals surface area contributed by atoms with Gasteiger partial charge in [0.05, 0.1) is 12.6 Å². The Morgan fingerprint density at radius 1 is 1.11 bits per heavy atom. The van der Waals surface area contributed by atoms with Gasteiger partial charge in [-0.25, -0.2) is 4.98 Å². The van der Waals surface area contributed by atoms with Gasteiger partial charge in [-0.3, -0.25) is 14.5 Å². The molecule has 2 heterocycles. The Kier molecular flexibility index (Phi) is 6.12. The Bertz CT molecular complexity index is 1100. The number of fused-ring (bicyclic) bond motifs is 5. The van der Waals surface area contributed by atoms with Gasteiger partial charge in [-0.1, -0.05) is 25.5 Å². The van der Waals surface area contributed by atoms with E-state index in [4.69, 9.17) is 0 Å². The molecular formula is C30H41N3O4. The summed E-state index contributed by atoms with van der Waals surface area (Å²) in [5.41, 5.74) is -0.971. The Hall–Kier alpha value is -2.09. The number of ketones is 2. The van der Waals surface area contributed by atoms with Crippen molar-refractivity contribution in [2.75, 3.05) is 37.6 Å². The highest BCUT2D eigenvalue weighted by atomic mass is 16.3. The van der Waals surface area contributed by atoms with E-state index in [1.807, 2.05) is 24.3 Å². The number of allylic oxidation sites excluding steroid dienone is 1. The van der Waals surface area contributed by atoms with E-state index in [0.29, 0.717) is 19.3 Å². The average Bonchev–Trinajstić information content (AvgIpc) is 3.16. The summed E-state index contributed by atoms with van der Waals surface area (Å²) in [5.74, 6) is 1.67. The van der Waals surface area contributed by atoms with Crippen molar-refractivity contribution in [1.29, 1.82) is 0 Å². The molecule has 7 atom stereocenters. The lowest BCUT2D eigenvalue weighted by molar-refractivity contribution is -0.181. The van der Waals surface area contributed by atoms with Crippen LogP contribution in [-0.2, 0) is 9.59 Å². The molecule has 5 aliphatic rings. The molecule has 0 amide bonds. The van der Waals surface area contributed by atoms with Crippen molar-refractivity contribution in [2.45, 2.75) is 70.5 Å². The molecule has 37 heavy (non-hydrogen) atoms. The molecule has 200 valence electrons. The van der Waals surface area contributed by atoms with Gasteiger partial charge in [-0.2, -0.15) is 0 Å². The first-order valence-electron chi connectivity index (χ1n) is 14.2. The van der Waals surface area contributed by atoms with E-state index in [9.17, 15) is 19.8 Å². The molecule has 3 saturated carbocycles. The fourth-order valence-electron chi connectivity index (χ4n) is 9.16. The number of nitrogens with zero attached hydrogens (tertiary/aromatic N) is 3. The minimum absolute atomic E-state index is 0.0831. The standard InChI is InChI=1S/C30H41N3O4/c1-28-10-8-21(34)17-20(28)6-7-22-23-9-11-30(37,29(23,2)18-24(35)27(22)28)25(36)19-32-13-15-33(16-14-32)26-5-3-4-12-31-26/h3-5,12,17,22-24,27,35,37H,6-11,13-16,18-19H2,1-2H3/t22-,23-,24+,27+,28-,29-,30+/m0/s1.